The lowest BCUT2D eigenvalue weighted by Gasteiger charge is -2.37. The molecule has 10 heteroatoms. The third-order valence-corrected chi connectivity index (χ3v) is 7.63. The average Bonchev–Trinajstić information content (AvgIpc) is 3.27. The van der Waals surface area contributed by atoms with Gasteiger partial charge in [0.2, 0.25) is 17.6 Å². The number of hydrogen-bond acceptors (Lipinski definition) is 5. The van der Waals surface area contributed by atoms with Crippen LogP contribution in [-0.2, 0) is 19.2 Å². The van der Waals surface area contributed by atoms with Gasteiger partial charge in [0.25, 0.3) is 5.91 Å². The zero-order valence-electron chi connectivity index (χ0n) is 23.4. The van der Waals surface area contributed by atoms with Crippen molar-refractivity contribution in [3.8, 4) is 0 Å². The van der Waals surface area contributed by atoms with Crippen LogP contribution in [0.15, 0.2) is 0 Å². The van der Waals surface area contributed by atoms with Crippen molar-refractivity contribution >= 4 is 29.5 Å². The van der Waals surface area contributed by atoms with Gasteiger partial charge in [0.1, 0.15) is 12.1 Å². The molecule has 1 aliphatic carbocycles. The molecule has 1 aliphatic heterocycles. The van der Waals surface area contributed by atoms with Crippen LogP contribution in [0.1, 0.15) is 92.9 Å². The number of carbonyl (C=O) groups excluding carboxylic acids is 5. The molecule has 0 bridgehead atoms. The summed E-state index contributed by atoms with van der Waals surface area (Å²) in [5.41, 5.74) is 4.59. The summed E-state index contributed by atoms with van der Waals surface area (Å²) in [5.74, 6) is -2.78. The molecule has 10 nitrogen and oxygen atoms in total. The van der Waals surface area contributed by atoms with E-state index in [1.807, 2.05) is 41.5 Å². The van der Waals surface area contributed by atoms with E-state index >= 15 is 0 Å². The van der Waals surface area contributed by atoms with Crippen molar-refractivity contribution in [3.63, 3.8) is 0 Å². The molecule has 2 aliphatic rings. The maximum Gasteiger partial charge on any atom is 0.315 e. The van der Waals surface area contributed by atoms with Crippen LogP contribution in [0.3, 0.4) is 0 Å². The maximum absolute atomic E-state index is 13.9. The Balaban J connectivity index is 2.26. The first-order valence-electron chi connectivity index (χ1n) is 13.8. The quantitative estimate of drug-likeness (QED) is 0.325. The van der Waals surface area contributed by atoms with Gasteiger partial charge in [-0.05, 0) is 42.9 Å². The summed E-state index contributed by atoms with van der Waals surface area (Å²) < 4.78 is 0. The van der Waals surface area contributed by atoms with Gasteiger partial charge in [-0.25, -0.2) is 4.79 Å². The number of rotatable bonds is 10. The number of primary amides is 1. The number of nitrogens with one attached hydrogen (secondary N) is 3. The fourth-order valence-corrected chi connectivity index (χ4v) is 5.50. The van der Waals surface area contributed by atoms with Crippen molar-refractivity contribution < 1.29 is 24.0 Å². The Kier molecular flexibility index (Phi) is 10.9. The molecule has 2 rings (SSSR count). The van der Waals surface area contributed by atoms with E-state index in [9.17, 15) is 24.0 Å². The molecular weight excluding hydrogens is 474 g/mol. The predicted octanol–water partition coefficient (Wildman–Crippen LogP) is 2.25. The summed E-state index contributed by atoms with van der Waals surface area (Å²) in [6, 6.07) is -2.98. The van der Waals surface area contributed by atoms with E-state index in [4.69, 9.17) is 5.73 Å². The fourth-order valence-electron chi connectivity index (χ4n) is 5.50. The van der Waals surface area contributed by atoms with Crippen LogP contribution in [-0.4, -0.2) is 65.1 Å². The Hall–Kier alpha value is -2.65. The van der Waals surface area contributed by atoms with Crippen LogP contribution in [0.5, 0.6) is 0 Å². The summed E-state index contributed by atoms with van der Waals surface area (Å²) in [5, 5.41) is 8.60. The van der Waals surface area contributed by atoms with Crippen molar-refractivity contribution in [2.75, 3.05) is 6.54 Å². The minimum atomic E-state index is -1.10. The second kappa shape index (κ2) is 13.2. The lowest BCUT2D eigenvalue weighted by Crippen LogP contribution is -2.61. The number of urea groups is 1. The molecule has 0 radical (unpaired) electrons. The van der Waals surface area contributed by atoms with Gasteiger partial charge in [-0.1, -0.05) is 67.2 Å². The summed E-state index contributed by atoms with van der Waals surface area (Å²) in [6.07, 6.45) is 6.63. The molecule has 37 heavy (non-hydrogen) atoms. The van der Waals surface area contributed by atoms with E-state index in [-0.39, 0.29) is 36.2 Å². The smallest absolute Gasteiger partial charge is 0.315 e. The molecule has 0 aromatic rings. The summed E-state index contributed by atoms with van der Waals surface area (Å²) in [7, 11) is 0. The molecule has 0 spiro atoms. The molecule has 5 amide bonds. The van der Waals surface area contributed by atoms with Crippen LogP contribution in [0, 0.1) is 17.3 Å². The van der Waals surface area contributed by atoms with Crippen LogP contribution in [0.25, 0.3) is 0 Å². The number of amides is 5. The highest BCUT2D eigenvalue weighted by Gasteiger charge is 2.47. The van der Waals surface area contributed by atoms with E-state index < -0.39 is 41.1 Å². The lowest BCUT2D eigenvalue weighted by molar-refractivity contribution is -0.144. The summed E-state index contributed by atoms with van der Waals surface area (Å²) in [4.78, 5) is 65.7. The molecule has 5 N–H and O–H groups in total. The molecule has 1 heterocycles. The summed E-state index contributed by atoms with van der Waals surface area (Å²) in [6.45, 7) is 11.8. The minimum Gasteiger partial charge on any atom is -0.363 e. The Morgan fingerprint density at radius 2 is 1.59 bits per heavy atom. The van der Waals surface area contributed by atoms with Gasteiger partial charge in [-0.15, -0.1) is 0 Å². The Morgan fingerprint density at radius 3 is 2.11 bits per heavy atom. The molecule has 0 aromatic carbocycles. The van der Waals surface area contributed by atoms with Crippen molar-refractivity contribution in [1.82, 2.24) is 20.9 Å². The average molecular weight is 522 g/mol. The Bertz CT molecular complexity index is 847. The second-order valence-corrected chi connectivity index (χ2v) is 12.0. The highest BCUT2D eigenvalue weighted by atomic mass is 16.2. The molecule has 1 saturated carbocycles. The van der Waals surface area contributed by atoms with Crippen LogP contribution in [0.2, 0.25) is 0 Å². The van der Waals surface area contributed by atoms with Crippen LogP contribution >= 0.6 is 0 Å². The zero-order chi connectivity index (χ0) is 27.9. The van der Waals surface area contributed by atoms with Gasteiger partial charge < -0.3 is 26.6 Å². The first-order valence-corrected chi connectivity index (χ1v) is 13.8. The van der Waals surface area contributed by atoms with Gasteiger partial charge >= 0.3 is 6.03 Å². The highest BCUT2D eigenvalue weighted by molar-refractivity contribution is 6.37. The Morgan fingerprint density at radius 1 is 0.973 bits per heavy atom. The number of hydrogen-bond donors (Lipinski definition) is 4. The largest absolute Gasteiger partial charge is 0.363 e. The van der Waals surface area contributed by atoms with Gasteiger partial charge in [0.05, 0.1) is 6.04 Å². The Labute approximate surface area is 221 Å². The summed E-state index contributed by atoms with van der Waals surface area (Å²) >= 11 is 0. The van der Waals surface area contributed by atoms with Crippen molar-refractivity contribution in [2.24, 2.45) is 23.0 Å². The first-order chi connectivity index (χ1) is 17.3. The van der Waals surface area contributed by atoms with E-state index in [0.717, 1.165) is 25.7 Å². The fraction of sp³-hybridized carbons (Fsp3) is 0.815. The van der Waals surface area contributed by atoms with Crippen LogP contribution in [0.4, 0.5) is 4.79 Å². The monoisotopic (exact) mass is 521 g/mol. The van der Waals surface area contributed by atoms with Crippen molar-refractivity contribution in [1.29, 1.82) is 0 Å². The molecule has 1 saturated heterocycles. The van der Waals surface area contributed by atoms with Gasteiger partial charge in [-0.3, -0.25) is 19.2 Å². The minimum absolute atomic E-state index is 0.0957. The van der Waals surface area contributed by atoms with Gasteiger partial charge in [0, 0.05) is 12.6 Å². The normalized spacial score (nSPS) is 22.3. The number of nitrogens with zero attached hydrogens (tertiary/aromatic N) is 1. The van der Waals surface area contributed by atoms with E-state index in [2.05, 4.69) is 16.0 Å². The number of likely N-dealkylation sites (tertiary alicyclic amines) is 1. The van der Waals surface area contributed by atoms with Gasteiger partial charge in [0.15, 0.2) is 0 Å². The van der Waals surface area contributed by atoms with E-state index in [0.29, 0.717) is 19.4 Å². The van der Waals surface area contributed by atoms with Gasteiger partial charge in [-0.2, -0.15) is 0 Å². The van der Waals surface area contributed by atoms with Crippen molar-refractivity contribution in [2.45, 2.75) is 117 Å². The highest BCUT2D eigenvalue weighted by Crippen LogP contribution is 2.33. The topological polar surface area (TPSA) is 151 Å². The number of nitrogens with two attached hydrogens (primary N) is 1. The maximum atomic E-state index is 13.9. The number of Topliss-reactive ketones (excluding diaryl/α,β-unsaturated/α-hetero) is 1. The third kappa shape index (κ3) is 8.17. The molecular formula is C27H47N5O5. The van der Waals surface area contributed by atoms with Crippen LogP contribution < -0.4 is 21.7 Å². The standard InChI is InChI=1S/C27H47N5O5/c1-7-11-19(21(33)23(28)34)30-24(35)20-18(16(2)3)14-15-32(20)25(36)22(27(4,5)6)31-26(37)29-17-12-9-8-10-13-17/h16-20,22H,7-15H2,1-6H3,(H2,28,34)(H,30,35)(H2,29,31,37)/t18?,19?,20?,22-/m1/s1. The first kappa shape index (κ1) is 30.6. The number of ketones is 1. The number of carbonyl (C=O) groups is 5. The molecule has 0 aromatic heterocycles. The van der Waals surface area contributed by atoms with E-state index in [1.165, 1.54) is 11.3 Å². The van der Waals surface area contributed by atoms with E-state index in [1.54, 1.807) is 0 Å². The van der Waals surface area contributed by atoms with Crippen molar-refractivity contribution in [3.05, 3.63) is 0 Å². The second-order valence-electron chi connectivity index (χ2n) is 12.0. The molecule has 3 unspecified atom stereocenters. The third-order valence-electron chi connectivity index (χ3n) is 7.63. The molecule has 4 atom stereocenters. The zero-order valence-corrected chi connectivity index (χ0v) is 23.4. The molecule has 210 valence electrons. The SMILES string of the molecule is CCCC(NC(=O)C1C(C(C)C)CCN1C(=O)[C@@H](NC(=O)NC1CCCCC1)C(C)(C)C)C(=O)C(N)=O. The lowest BCUT2D eigenvalue weighted by atomic mass is 9.84. The molecule has 2 fully saturated rings. The predicted molar refractivity (Wildman–Crippen MR) is 141 cm³/mol.